The largest absolute Gasteiger partial charge is 0.198 e. The van der Waals surface area contributed by atoms with Gasteiger partial charge < -0.3 is 0 Å². The Bertz CT molecular complexity index is 341. The molecule has 0 aliphatic heterocycles. The van der Waals surface area contributed by atoms with Gasteiger partial charge in [0, 0.05) is 5.02 Å². The van der Waals surface area contributed by atoms with Gasteiger partial charge in [-0.1, -0.05) is 56.0 Å². The van der Waals surface area contributed by atoms with Crippen molar-refractivity contribution < 1.29 is 0 Å². The van der Waals surface area contributed by atoms with Crippen LogP contribution < -0.4 is 0 Å². The summed E-state index contributed by atoms with van der Waals surface area (Å²) in [5.41, 5.74) is 0.970. The number of nitrogens with zero attached hydrogens (tertiary/aromatic N) is 1. The monoisotopic (exact) mass is 221 g/mol. The Kier molecular flexibility index (Phi) is 5.21. The van der Waals surface area contributed by atoms with Crippen LogP contribution in [0.15, 0.2) is 24.3 Å². The molecule has 0 aliphatic rings. The molecule has 1 nitrogen and oxygen atoms in total. The van der Waals surface area contributed by atoms with Crippen LogP contribution >= 0.6 is 11.6 Å². The minimum atomic E-state index is -0.0507. The Morgan fingerprint density at radius 3 is 2.67 bits per heavy atom. The number of hydrogen-bond acceptors (Lipinski definition) is 1. The molecule has 1 aromatic carbocycles. The summed E-state index contributed by atoms with van der Waals surface area (Å²) < 4.78 is 0. The molecule has 0 radical (unpaired) electrons. The second-order valence-corrected chi connectivity index (χ2v) is 4.11. The number of halogens is 1. The van der Waals surface area contributed by atoms with Crippen LogP contribution in [0.2, 0.25) is 5.02 Å². The number of benzene rings is 1. The molecule has 80 valence electrons. The van der Waals surface area contributed by atoms with Crippen molar-refractivity contribution in [1.29, 1.82) is 5.26 Å². The summed E-state index contributed by atoms with van der Waals surface area (Å²) in [5, 5.41) is 9.80. The molecule has 1 aromatic rings. The number of rotatable bonds is 5. The molecule has 0 amide bonds. The lowest BCUT2D eigenvalue weighted by atomic mass is 9.94. The van der Waals surface area contributed by atoms with E-state index < -0.39 is 0 Å². The first-order valence-corrected chi connectivity index (χ1v) is 5.81. The Labute approximate surface area is 96.7 Å². The Hall–Kier alpha value is -1.00. The fourth-order valence-corrected chi connectivity index (χ4v) is 1.91. The molecule has 1 rings (SSSR count). The van der Waals surface area contributed by atoms with Gasteiger partial charge in [0.15, 0.2) is 0 Å². The van der Waals surface area contributed by atoms with Crippen molar-refractivity contribution in [2.75, 3.05) is 0 Å². The van der Waals surface area contributed by atoms with E-state index in [0.29, 0.717) is 5.02 Å². The van der Waals surface area contributed by atoms with Crippen molar-refractivity contribution >= 4 is 11.6 Å². The Balaban J connectivity index is 2.67. The van der Waals surface area contributed by atoms with Gasteiger partial charge in [0.1, 0.15) is 0 Å². The standard InChI is InChI=1S/C13H16ClN/c1-2-3-4-7-11(10-15)12-8-5-6-9-13(12)14/h5-6,8-9,11H,2-4,7H2,1H3/t11-/m0/s1. The van der Waals surface area contributed by atoms with Gasteiger partial charge in [0.25, 0.3) is 0 Å². The summed E-state index contributed by atoms with van der Waals surface area (Å²) in [5.74, 6) is -0.0507. The highest BCUT2D eigenvalue weighted by Gasteiger charge is 2.12. The SMILES string of the molecule is CCCCC[C@@H](C#N)c1ccccc1Cl. The van der Waals surface area contributed by atoms with Crippen molar-refractivity contribution in [2.45, 2.75) is 38.5 Å². The van der Waals surface area contributed by atoms with Crippen LogP contribution in [0.3, 0.4) is 0 Å². The lowest BCUT2D eigenvalue weighted by Crippen LogP contribution is -1.96. The van der Waals surface area contributed by atoms with Crippen LogP contribution in [-0.2, 0) is 0 Å². The number of unbranched alkanes of at least 4 members (excludes halogenated alkanes) is 2. The van der Waals surface area contributed by atoms with Crippen LogP contribution in [0.5, 0.6) is 0 Å². The van der Waals surface area contributed by atoms with Gasteiger partial charge in [-0.05, 0) is 18.1 Å². The van der Waals surface area contributed by atoms with Crippen LogP contribution in [-0.4, -0.2) is 0 Å². The van der Waals surface area contributed by atoms with Gasteiger partial charge in [-0.2, -0.15) is 5.26 Å². The lowest BCUT2D eigenvalue weighted by molar-refractivity contribution is 0.634. The summed E-state index contributed by atoms with van der Waals surface area (Å²) in [4.78, 5) is 0. The van der Waals surface area contributed by atoms with E-state index in [1.54, 1.807) is 0 Å². The molecule has 0 unspecified atom stereocenters. The quantitative estimate of drug-likeness (QED) is 0.671. The van der Waals surface area contributed by atoms with Crippen molar-refractivity contribution in [3.05, 3.63) is 34.9 Å². The highest BCUT2D eigenvalue weighted by Crippen LogP contribution is 2.27. The second-order valence-electron chi connectivity index (χ2n) is 3.70. The first-order valence-electron chi connectivity index (χ1n) is 5.43. The first-order chi connectivity index (χ1) is 7.29. The average Bonchev–Trinajstić information content (AvgIpc) is 2.26. The van der Waals surface area contributed by atoms with Gasteiger partial charge in [0.05, 0.1) is 12.0 Å². The molecular formula is C13H16ClN. The average molecular weight is 222 g/mol. The summed E-state index contributed by atoms with van der Waals surface area (Å²) in [6.07, 6.45) is 4.37. The van der Waals surface area contributed by atoms with E-state index in [9.17, 15) is 0 Å². The highest BCUT2D eigenvalue weighted by atomic mass is 35.5. The van der Waals surface area contributed by atoms with Gasteiger partial charge >= 0.3 is 0 Å². The van der Waals surface area contributed by atoms with Crippen LogP contribution in [0, 0.1) is 11.3 Å². The molecule has 0 spiro atoms. The van der Waals surface area contributed by atoms with Crippen molar-refractivity contribution in [3.8, 4) is 6.07 Å². The molecule has 0 N–H and O–H groups in total. The van der Waals surface area contributed by atoms with Gasteiger partial charge in [-0.15, -0.1) is 0 Å². The molecule has 0 saturated carbocycles. The third-order valence-corrected chi connectivity index (χ3v) is 2.88. The zero-order valence-corrected chi connectivity index (χ0v) is 9.80. The summed E-state index contributed by atoms with van der Waals surface area (Å²) >= 11 is 6.06. The normalized spacial score (nSPS) is 12.1. The lowest BCUT2D eigenvalue weighted by Gasteiger charge is -2.10. The van der Waals surface area contributed by atoms with E-state index >= 15 is 0 Å². The van der Waals surface area contributed by atoms with Crippen molar-refractivity contribution in [1.82, 2.24) is 0 Å². The predicted molar refractivity (Wildman–Crippen MR) is 63.9 cm³/mol. The minimum absolute atomic E-state index is 0.0507. The molecule has 0 aliphatic carbocycles. The molecule has 0 bridgehead atoms. The van der Waals surface area contributed by atoms with E-state index in [-0.39, 0.29) is 5.92 Å². The molecule has 0 aromatic heterocycles. The number of nitriles is 1. The highest BCUT2D eigenvalue weighted by molar-refractivity contribution is 6.31. The molecular weight excluding hydrogens is 206 g/mol. The maximum Gasteiger partial charge on any atom is 0.0727 e. The molecule has 0 heterocycles. The topological polar surface area (TPSA) is 23.8 Å². The summed E-state index contributed by atoms with van der Waals surface area (Å²) in [6, 6.07) is 9.96. The molecule has 0 fully saturated rings. The van der Waals surface area contributed by atoms with Crippen molar-refractivity contribution in [3.63, 3.8) is 0 Å². The van der Waals surface area contributed by atoms with E-state index in [0.717, 1.165) is 18.4 Å². The minimum Gasteiger partial charge on any atom is -0.198 e. The van der Waals surface area contributed by atoms with Gasteiger partial charge in [-0.3, -0.25) is 0 Å². The molecule has 0 saturated heterocycles. The zero-order chi connectivity index (χ0) is 11.1. The third kappa shape index (κ3) is 3.57. The van der Waals surface area contributed by atoms with Gasteiger partial charge in [-0.25, -0.2) is 0 Å². The Morgan fingerprint density at radius 2 is 2.07 bits per heavy atom. The predicted octanol–water partition coefficient (Wildman–Crippen LogP) is 4.53. The fourth-order valence-electron chi connectivity index (χ4n) is 1.65. The van der Waals surface area contributed by atoms with Crippen LogP contribution in [0.4, 0.5) is 0 Å². The van der Waals surface area contributed by atoms with E-state index in [4.69, 9.17) is 16.9 Å². The summed E-state index contributed by atoms with van der Waals surface area (Å²) in [6.45, 7) is 2.16. The summed E-state index contributed by atoms with van der Waals surface area (Å²) in [7, 11) is 0. The maximum atomic E-state index is 9.09. The van der Waals surface area contributed by atoms with Gasteiger partial charge in [0.2, 0.25) is 0 Å². The Morgan fingerprint density at radius 1 is 1.33 bits per heavy atom. The first kappa shape index (κ1) is 12.1. The maximum absolute atomic E-state index is 9.09. The van der Waals surface area contributed by atoms with E-state index in [2.05, 4.69) is 13.0 Å². The molecule has 2 heteroatoms. The smallest absolute Gasteiger partial charge is 0.0727 e. The van der Waals surface area contributed by atoms with Crippen molar-refractivity contribution in [2.24, 2.45) is 0 Å². The molecule has 1 atom stereocenters. The van der Waals surface area contributed by atoms with E-state index in [1.165, 1.54) is 12.8 Å². The second kappa shape index (κ2) is 6.48. The van der Waals surface area contributed by atoms with Crippen LogP contribution in [0.25, 0.3) is 0 Å². The van der Waals surface area contributed by atoms with E-state index in [1.807, 2.05) is 24.3 Å². The fraction of sp³-hybridized carbons (Fsp3) is 0.462. The number of hydrogen-bond donors (Lipinski definition) is 0. The molecule has 15 heavy (non-hydrogen) atoms. The van der Waals surface area contributed by atoms with Crippen LogP contribution in [0.1, 0.15) is 44.1 Å². The third-order valence-electron chi connectivity index (χ3n) is 2.53. The zero-order valence-electron chi connectivity index (χ0n) is 9.04.